The lowest BCUT2D eigenvalue weighted by Crippen LogP contribution is -2.50. The molecule has 0 aromatic rings. The Morgan fingerprint density at radius 1 is 1.25 bits per heavy atom. The van der Waals surface area contributed by atoms with E-state index >= 15 is 0 Å². The number of hydrogen-bond donors (Lipinski definition) is 1. The van der Waals surface area contributed by atoms with Gasteiger partial charge in [0.05, 0.1) is 7.11 Å². The Hall–Kier alpha value is -0.570. The maximum Gasteiger partial charge on any atom is 0.322 e. The Morgan fingerprint density at radius 2 is 1.80 bits per heavy atom. The first kappa shape index (κ1) is 17.5. The molecule has 1 fully saturated rings. The van der Waals surface area contributed by atoms with E-state index in [0.29, 0.717) is 16.9 Å². The Kier molecular flexibility index (Phi) is 6.06. The average molecular weight is 283 g/mol. The quantitative estimate of drug-likeness (QED) is 0.751. The molecule has 0 aliphatic heterocycles. The van der Waals surface area contributed by atoms with E-state index in [9.17, 15) is 4.79 Å². The van der Waals surface area contributed by atoms with Crippen LogP contribution in [-0.2, 0) is 9.53 Å². The van der Waals surface area contributed by atoms with Crippen molar-refractivity contribution in [3.63, 3.8) is 0 Å². The number of ether oxygens (including phenoxy) is 1. The van der Waals surface area contributed by atoms with Crippen molar-refractivity contribution in [1.82, 2.24) is 5.32 Å². The summed E-state index contributed by atoms with van der Waals surface area (Å²) in [7, 11) is 1.48. The molecule has 1 aliphatic rings. The highest BCUT2D eigenvalue weighted by Gasteiger charge is 2.39. The first-order chi connectivity index (χ1) is 9.19. The van der Waals surface area contributed by atoms with Crippen LogP contribution < -0.4 is 5.32 Å². The van der Waals surface area contributed by atoms with Crippen LogP contribution in [0.1, 0.15) is 73.1 Å². The largest absolute Gasteiger partial charge is 0.468 e. The summed E-state index contributed by atoms with van der Waals surface area (Å²) in [5.74, 6) is -0.111. The molecule has 3 heteroatoms. The Balaban J connectivity index is 2.69. The van der Waals surface area contributed by atoms with Crippen LogP contribution in [-0.4, -0.2) is 25.2 Å². The van der Waals surface area contributed by atoms with E-state index in [-0.39, 0.29) is 12.0 Å². The minimum atomic E-state index is -0.144. The zero-order valence-corrected chi connectivity index (χ0v) is 14.2. The van der Waals surface area contributed by atoms with Crippen molar-refractivity contribution in [2.24, 2.45) is 10.8 Å². The SMILES string of the molecule is CCCCC(NC1CC(C)(C)CC(C)(C)C1)C(=O)OC. The van der Waals surface area contributed by atoms with E-state index in [1.54, 1.807) is 0 Å². The molecule has 118 valence electrons. The summed E-state index contributed by atoms with van der Waals surface area (Å²) in [6.07, 6.45) is 6.56. The van der Waals surface area contributed by atoms with Gasteiger partial charge in [0.1, 0.15) is 6.04 Å². The third kappa shape index (κ3) is 5.43. The van der Waals surface area contributed by atoms with Gasteiger partial charge >= 0.3 is 5.97 Å². The monoisotopic (exact) mass is 283 g/mol. The van der Waals surface area contributed by atoms with E-state index < -0.39 is 0 Å². The highest BCUT2D eigenvalue weighted by Crippen LogP contribution is 2.45. The molecule has 0 aromatic heterocycles. The fourth-order valence-electron chi connectivity index (χ4n) is 4.07. The van der Waals surface area contributed by atoms with Crippen molar-refractivity contribution in [2.45, 2.75) is 85.2 Å². The topological polar surface area (TPSA) is 38.3 Å². The van der Waals surface area contributed by atoms with Crippen molar-refractivity contribution >= 4 is 5.97 Å². The van der Waals surface area contributed by atoms with Crippen molar-refractivity contribution in [1.29, 1.82) is 0 Å². The number of nitrogens with one attached hydrogen (secondary N) is 1. The Bertz CT molecular complexity index is 307. The van der Waals surface area contributed by atoms with E-state index in [0.717, 1.165) is 32.1 Å². The van der Waals surface area contributed by atoms with Crippen LogP contribution in [0.15, 0.2) is 0 Å². The standard InChI is InChI=1S/C17H33NO2/c1-7-8-9-14(15(19)20-6)18-13-10-16(2,3)12-17(4,5)11-13/h13-14,18H,7-12H2,1-6H3. The normalized spacial score (nSPS) is 23.3. The summed E-state index contributed by atoms with van der Waals surface area (Å²) < 4.78 is 4.95. The molecule has 1 unspecified atom stereocenters. The molecular formula is C17H33NO2. The van der Waals surface area contributed by atoms with E-state index in [1.165, 1.54) is 13.5 Å². The molecule has 0 heterocycles. The molecule has 1 aliphatic carbocycles. The molecule has 3 nitrogen and oxygen atoms in total. The average Bonchev–Trinajstić information content (AvgIpc) is 2.29. The number of unbranched alkanes of at least 4 members (excludes halogenated alkanes) is 1. The fourth-order valence-corrected chi connectivity index (χ4v) is 4.07. The van der Waals surface area contributed by atoms with Crippen LogP contribution in [0, 0.1) is 10.8 Å². The van der Waals surface area contributed by atoms with Gasteiger partial charge in [0.25, 0.3) is 0 Å². The highest BCUT2D eigenvalue weighted by molar-refractivity contribution is 5.75. The second-order valence-electron chi connectivity index (χ2n) is 8.00. The summed E-state index contributed by atoms with van der Waals surface area (Å²) in [5.41, 5.74) is 0.676. The first-order valence-corrected chi connectivity index (χ1v) is 8.03. The van der Waals surface area contributed by atoms with E-state index in [2.05, 4.69) is 39.9 Å². The molecule has 0 radical (unpaired) electrons. The number of rotatable bonds is 6. The van der Waals surface area contributed by atoms with Gasteiger partial charge in [-0.15, -0.1) is 0 Å². The minimum Gasteiger partial charge on any atom is -0.468 e. The maximum absolute atomic E-state index is 11.9. The summed E-state index contributed by atoms with van der Waals surface area (Å²) >= 11 is 0. The molecule has 0 bridgehead atoms. The van der Waals surface area contributed by atoms with Gasteiger partial charge in [0.2, 0.25) is 0 Å². The van der Waals surface area contributed by atoms with Crippen molar-refractivity contribution in [3.05, 3.63) is 0 Å². The molecule has 1 rings (SSSR count). The molecule has 1 N–H and O–H groups in total. The zero-order chi connectivity index (χ0) is 15.4. The van der Waals surface area contributed by atoms with Crippen LogP contribution in [0.5, 0.6) is 0 Å². The molecule has 1 atom stereocenters. The lowest BCUT2D eigenvalue weighted by Gasteiger charge is -2.46. The summed E-state index contributed by atoms with van der Waals surface area (Å²) in [6.45, 7) is 11.5. The van der Waals surface area contributed by atoms with Crippen molar-refractivity contribution in [2.75, 3.05) is 7.11 Å². The van der Waals surface area contributed by atoms with Crippen LogP contribution in [0.2, 0.25) is 0 Å². The molecule has 0 saturated heterocycles. The van der Waals surface area contributed by atoms with E-state index in [1.807, 2.05) is 0 Å². The van der Waals surface area contributed by atoms with Gasteiger partial charge in [-0.3, -0.25) is 4.79 Å². The van der Waals surface area contributed by atoms with E-state index in [4.69, 9.17) is 4.74 Å². The summed E-state index contributed by atoms with van der Waals surface area (Å²) in [6, 6.07) is 0.268. The van der Waals surface area contributed by atoms with Crippen molar-refractivity contribution in [3.8, 4) is 0 Å². The number of carbonyl (C=O) groups excluding carboxylic acids is 1. The molecule has 1 saturated carbocycles. The molecule has 20 heavy (non-hydrogen) atoms. The second kappa shape index (κ2) is 6.93. The van der Waals surface area contributed by atoms with Crippen molar-refractivity contribution < 1.29 is 9.53 Å². The van der Waals surface area contributed by atoms with Gasteiger partial charge in [0, 0.05) is 6.04 Å². The van der Waals surface area contributed by atoms with Crippen LogP contribution in [0.25, 0.3) is 0 Å². The molecule has 0 amide bonds. The van der Waals surface area contributed by atoms with Gasteiger partial charge in [-0.05, 0) is 36.5 Å². The summed E-state index contributed by atoms with van der Waals surface area (Å²) in [5, 5.41) is 3.58. The predicted octanol–water partition coefficient (Wildman–Crippen LogP) is 3.91. The molecular weight excluding hydrogens is 250 g/mol. The van der Waals surface area contributed by atoms with Gasteiger partial charge in [0.15, 0.2) is 0 Å². The maximum atomic E-state index is 11.9. The third-order valence-electron chi connectivity index (χ3n) is 4.32. The Labute approximate surface area is 124 Å². The number of hydrogen-bond acceptors (Lipinski definition) is 3. The second-order valence-corrected chi connectivity index (χ2v) is 8.00. The number of esters is 1. The smallest absolute Gasteiger partial charge is 0.322 e. The zero-order valence-electron chi connectivity index (χ0n) is 14.2. The lowest BCUT2D eigenvalue weighted by atomic mass is 9.63. The highest BCUT2D eigenvalue weighted by atomic mass is 16.5. The van der Waals surface area contributed by atoms with Gasteiger partial charge in [-0.2, -0.15) is 0 Å². The van der Waals surface area contributed by atoms with Crippen LogP contribution in [0.3, 0.4) is 0 Å². The third-order valence-corrected chi connectivity index (χ3v) is 4.32. The number of carbonyl (C=O) groups is 1. The molecule has 0 aromatic carbocycles. The predicted molar refractivity (Wildman–Crippen MR) is 83.7 cm³/mol. The van der Waals surface area contributed by atoms with Crippen LogP contribution in [0.4, 0.5) is 0 Å². The van der Waals surface area contributed by atoms with Gasteiger partial charge < -0.3 is 10.1 Å². The van der Waals surface area contributed by atoms with Gasteiger partial charge in [-0.1, -0.05) is 47.5 Å². The first-order valence-electron chi connectivity index (χ1n) is 8.03. The fraction of sp³-hybridized carbons (Fsp3) is 0.941. The van der Waals surface area contributed by atoms with Gasteiger partial charge in [-0.25, -0.2) is 0 Å². The summed E-state index contributed by atoms with van der Waals surface area (Å²) in [4.78, 5) is 11.9. The minimum absolute atomic E-state index is 0.111. The Morgan fingerprint density at radius 3 is 2.25 bits per heavy atom. The van der Waals surface area contributed by atoms with Crippen LogP contribution >= 0.6 is 0 Å². The number of methoxy groups -OCH3 is 1. The molecule has 0 spiro atoms. The lowest BCUT2D eigenvalue weighted by molar-refractivity contribution is -0.143.